The van der Waals surface area contributed by atoms with E-state index >= 15 is 0 Å². The molecule has 2 nitrogen and oxygen atoms in total. The molecule has 0 saturated carbocycles. The molecule has 54 valence electrons. The van der Waals surface area contributed by atoms with Crippen molar-refractivity contribution >= 4 is 0 Å². The van der Waals surface area contributed by atoms with Gasteiger partial charge in [0.25, 0.3) is 0 Å². The third-order valence-electron chi connectivity index (χ3n) is 1.55. The third kappa shape index (κ3) is 2.51. The molecule has 2 heteroatoms. The first-order chi connectivity index (χ1) is 4.00. The zero-order chi connectivity index (χ0) is 7.49. The van der Waals surface area contributed by atoms with Gasteiger partial charge in [0, 0.05) is 5.41 Å². The van der Waals surface area contributed by atoms with Crippen LogP contribution < -0.4 is 5.73 Å². The highest BCUT2D eigenvalue weighted by atomic mass is 16.3. The van der Waals surface area contributed by atoms with Crippen molar-refractivity contribution < 1.29 is 5.11 Å². The van der Waals surface area contributed by atoms with Crippen molar-refractivity contribution in [1.82, 2.24) is 0 Å². The molecule has 0 unspecified atom stereocenters. The summed E-state index contributed by atoms with van der Waals surface area (Å²) in [6.07, 6.45) is 0.780. The lowest BCUT2D eigenvalue weighted by Crippen LogP contribution is -2.18. The number of hydrogen-bond acceptors (Lipinski definition) is 2. The Bertz CT molecular complexity index is 107. The zero-order valence-corrected chi connectivity index (χ0v) is 6.15. The molecule has 0 aliphatic heterocycles. The smallest absolute Gasteiger partial charge is 0.0907 e. The molecule has 0 spiro atoms. The van der Waals surface area contributed by atoms with Crippen molar-refractivity contribution in [2.75, 3.05) is 6.54 Å². The van der Waals surface area contributed by atoms with Gasteiger partial charge in [0.05, 0.1) is 5.76 Å². The summed E-state index contributed by atoms with van der Waals surface area (Å²) in [7, 11) is 0. The lowest BCUT2D eigenvalue weighted by molar-refractivity contribution is 0.249. The molecule has 0 fully saturated rings. The Hall–Kier alpha value is -0.500. The van der Waals surface area contributed by atoms with Gasteiger partial charge < -0.3 is 10.8 Å². The lowest BCUT2D eigenvalue weighted by Gasteiger charge is -2.21. The fourth-order valence-electron chi connectivity index (χ4n) is 0.505. The van der Waals surface area contributed by atoms with Gasteiger partial charge in [-0.1, -0.05) is 20.4 Å². The van der Waals surface area contributed by atoms with Crippen LogP contribution in [0.15, 0.2) is 12.3 Å². The van der Waals surface area contributed by atoms with Crippen molar-refractivity contribution in [3.05, 3.63) is 12.3 Å². The van der Waals surface area contributed by atoms with E-state index in [0.717, 1.165) is 6.42 Å². The Morgan fingerprint density at radius 2 is 2.11 bits per heavy atom. The average molecular weight is 129 g/mol. The van der Waals surface area contributed by atoms with E-state index < -0.39 is 0 Å². The average Bonchev–Trinajstić information content (AvgIpc) is 1.65. The molecule has 0 radical (unpaired) electrons. The van der Waals surface area contributed by atoms with E-state index in [1.807, 2.05) is 13.8 Å². The minimum atomic E-state index is -0.214. The van der Waals surface area contributed by atoms with E-state index in [2.05, 4.69) is 6.58 Å². The van der Waals surface area contributed by atoms with Crippen LogP contribution in [0.5, 0.6) is 0 Å². The summed E-state index contributed by atoms with van der Waals surface area (Å²) in [5.41, 5.74) is 5.09. The SMILES string of the molecule is C=C(O)C(C)(C)CCN. The summed E-state index contributed by atoms with van der Waals surface area (Å²) in [6, 6.07) is 0. The first-order valence-electron chi connectivity index (χ1n) is 3.09. The summed E-state index contributed by atoms with van der Waals surface area (Å²) in [5, 5.41) is 8.96. The van der Waals surface area contributed by atoms with Crippen molar-refractivity contribution in [3.8, 4) is 0 Å². The Morgan fingerprint density at radius 1 is 1.67 bits per heavy atom. The minimum Gasteiger partial charge on any atom is -0.512 e. The fraction of sp³-hybridized carbons (Fsp3) is 0.714. The quantitative estimate of drug-likeness (QED) is 0.566. The van der Waals surface area contributed by atoms with Gasteiger partial charge in [0.2, 0.25) is 0 Å². The van der Waals surface area contributed by atoms with Gasteiger partial charge in [0.1, 0.15) is 0 Å². The lowest BCUT2D eigenvalue weighted by atomic mass is 9.88. The van der Waals surface area contributed by atoms with Crippen LogP contribution in [0.2, 0.25) is 0 Å². The van der Waals surface area contributed by atoms with E-state index in [1.54, 1.807) is 0 Å². The first-order valence-corrected chi connectivity index (χ1v) is 3.09. The van der Waals surface area contributed by atoms with Gasteiger partial charge in [-0.25, -0.2) is 0 Å². The highest BCUT2D eigenvalue weighted by Crippen LogP contribution is 2.25. The molecule has 0 amide bonds. The van der Waals surface area contributed by atoms with Crippen molar-refractivity contribution in [2.45, 2.75) is 20.3 Å². The van der Waals surface area contributed by atoms with Crippen LogP contribution in [0.25, 0.3) is 0 Å². The second kappa shape index (κ2) is 2.87. The standard InChI is InChI=1S/C7H15NO/c1-6(9)7(2,3)4-5-8/h9H,1,4-5,8H2,2-3H3. The van der Waals surface area contributed by atoms with E-state index in [0.29, 0.717) is 6.54 Å². The summed E-state index contributed by atoms with van der Waals surface area (Å²) in [5.74, 6) is 0.216. The summed E-state index contributed by atoms with van der Waals surface area (Å²) >= 11 is 0. The van der Waals surface area contributed by atoms with Crippen molar-refractivity contribution in [2.24, 2.45) is 11.1 Å². The van der Waals surface area contributed by atoms with E-state index in [-0.39, 0.29) is 11.2 Å². The highest BCUT2D eigenvalue weighted by Gasteiger charge is 2.19. The van der Waals surface area contributed by atoms with Crippen LogP contribution in [0.3, 0.4) is 0 Å². The maximum atomic E-state index is 8.96. The Morgan fingerprint density at radius 3 is 2.22 bits per heavy atom. The molecule has 0 bridgehead atoms. The van der Waals surface area contributed by atoms with Gasteiger partial charge in [-0.3, -0.25) is 0 Å². The topological polar surface area (TPSA) is 46.2 Å². The molecule has 0 aliphatic carbocycles. The molecule has 0 aromatic rings. The molecule has 0 atom stereocenters. The number of hydrogen-bond donors (Lipinski definition) is 2. The van der Waals surface area contributed by atoms with Gasteiger partial charge in [0.15, 0.2) is 0 Å². The Kier molecular flexibility index (Phi) is 2.71. The van der Waals surface area contributed by atoms with Gasteiger partial charge >= 0.3 is 0 Å². The molecule has 0 aliphatic rings. The third-order valence-corrected chi connectivity index (χ3v) is 1.55. The second-order valence-electron chi connectivity index (χ2n) is 2.87. The zero-order valence-electron chi connectivity index (χ0n) is 6.15. The van der Waals surface area contributed by atoms with Crippen LogP contribution in [0.4, 0.5) is 0 Å². The molecule has 0 rings (SSSR count). The maximum Gasteiger partial charge on any atom is 0.0907 e. The van der Waals surface area contributed by atoms with E-state index in [9.17, 15) is 0 Å². The van der Waals surface area contributed by atoms with Crippen LogP contribution in [0.1, 0.15) is 20.3 Å². The highest BCUT2D eigenvalue weighted by molar-refractivity contribution is 4.96. The number of nitrogens with two attached hydrogens (primary N) is 1. The van der Waals surface area contributed by atoms with Crippen LogP contribution in [0, 0.1) is 5.41 Å². The normalized spacial score (nSPS) is 11.4. The van der Waals surface area contributed by atoms with Gasteiger partial charge in [-0.2, -0.15) is 0 Å². The van der Waals surface area contributed by atoms with Crippen LogP contribution in [-0.4, -0.2) is 11.7 Å². The van der Waals surface area contributed by atoms with Crippen LogP contribution >= 0.6 is 0 Å². The molecule has 0 heterocycles. The largest absolute Gasteiger partial charge is 0.512 e. The molecular formula is C7H15NO. The number of aliphatic hydroxyl groups excluding tert-OH is 1. The van der Waals surface area contributed by atoms with Crippen molar-refractivity contribution in [3.63, 3.8) is 0 Å². The van der Waals surface area contributed by atoms with E-state index in [4.69, 9.17) is 10.8 Å². The first kappa shape index (κ1) is 8.50. The van der Waals surface area contributed by atoms with Crippen LogP contribution in [-0.2, 0) is 0 Å². The molecule has 3 N–H and O–H groups in total. The summed E-state index contributed by atoms with van der Waals surface area (Å²) in [6.45, 7) is 7.87. The minimum absolute atomic E-state index is 0.214. The predicted molar refractivity (Wildman–Crippen MR) is 39.2 cm³/mol. The molecule has 0 saturated heterocycles. The second-order valence-corrected chi connectivity index (χ2v) is 2.87. The fourth-order valence-corrected chi connectivity index (χ4v) is 0.505. The number of rotatable bonds is 3. The molecular weight excluding hydrogens is 114 g/mol. The van der Waals surface area contributed by atoms with Gasteiger partial charge in [-0.05, 0) is 13.0 Å². The molecule has 0 aromatic carbocycles. The molecule has 9 heavy (non-hydrogen) atoms. The predicted octanol–water partition coefficient (Wildman–Crippen LogP) is 1.43. The summed E-state index contributed by atoms with van der Waals surface area (Å²) in [4.78, 5) is 0. The Labute approximate surface area is 56.4 Å². The monoisotopic (exact) mass is 129 g/mol. The number of allylic oxidation sites excluding steroid dienone is 1. The summed E-state index contributed by atoms with van der Waals surface area (Å²) < 4.78 is 0. The van der Waals surface area contributed by atoms with E-state index in [1.165, 1.54) is 0 Å². The Balaban J connectivity index is 3.85. The molecule has 0 aromatic heterocycles. The number of aliphatic hydroxyl groups is 1. The van der Waals surface area contributed by atoms with Crippen molar-refractivity contribution in [1.29, 1.82) is 0 Å². The maximum absolute atomic E-state index is 8.96. The van der Waals surface area contributed by atoms with Gasteiger partial charge in [-0.15, -0.1) is 0 Å².